The number of carbonyl (C=O) groups is 2. The molecular formula is C14H11NO2. The van der Waals surface area contributed by atoms with Gasteiger partial charge in [-0.3, -0.25) is 9.59 Å². The number of nitrogens with two attached hydrogens (primary N) is 1. The molecule has 2 aromatic rings. The molecule has 1 aliphatic carbocycles. The molecule has 3 heteroatoms. The van der Waals surface area contributed by atoms with Gasteiger partial charge in [0.2, 0.25) is 0 Å². The molecule has 0 saturated carbocycles. The van der Waals surface area contributed by atoms with Crippen molar-refractivity contribution in [3.8, 4) is 0 Å². The molecule has 84 valence electrons. The van der Waals surface area contributed by atoms with Crippen molar-refractivity contribution >= 4 is 28.0 Å². The Labute approximate surface area is 98.2 Å². The van der Waals surface area contributed by atoms with E-state index in [1.54, 1.807) is 31.2 Å². The molecule has 0 aromatic heterocycles. The molecule has 2 aromatic carbocycles. The molecule has 1 unspecified atom stereocenters. The lowest BCUT2D eigenvalue weighted by Crippen LogP contribution is -2.26. The summed E-state index contributed by atoms with van der Waals surface area (Å²) in [5, 5.41) is 1.49. The second-order valence-electron chi connectivity index (χ2n) is 4.38. The van der Waals surface area contributed by atoms with Gasteiger partial charge in [-0.25, -0.2) is 0 Å². The molecule has 17 heavy (non-hydrogen) atoms. The highest BCUT2D eigenvalue weighted by Gasteiger charge is 2.32. The Balaban J connectivity index is 2.54. The lowest BCUT2D eigenvalue weighted by molar-refractivity contribution is 0.0816. The molecule has 0 spiro atoms. The minimum absolute atomic E-state index is 0.112. The first kappa shape index (κ1) is 10.0. The van der Waals surface area contributed by atoms with Gasteiger partial charge in [0.1, 0.15) is 0 Å². The summed E-state index contributed by atoms with van der Waals surface area (Å²) in [7, 11) is 0. The predicted molar refractivity (Wildman–Crippen MR) is 66.2 cm³/mol. The number of hydrogen-bond acceptors (Lipinski definition) is 3. The van der Waals surface area contributed by atoms with Crippen molar-refractivity contribution < 1.29 is 9.59 Å². The number of ketones is 2. The van der Waals surface area contributed by atoms with E-state index in [1.165, 1.54) is 0 Å². The van der Waals surface area contributed by atoms with E-state index in [1.807, 2.05) is 6.07 Å². The molecule has 3 rings (SSSR count). The van der Waals surface area contributed by atoms with Crippen LogP contribution in [0.25, 0.3) is 10.8 Å². The van der Waals surface area contributed by atoms with E-state index >= 15 is 0 Å². The van der Waals surface area contributed by atoms with Crippen molar-refractivity contribution in [1.29, 1.82) is 0 Å². The zero-order valence-corrected chi connectivity index (χ0v) is 9.36. The van der Waals surface area contributed by atoms with E-state index < -0.39 is 5.92 Å². The Morgan fingerprint density at radius 1 is 1.00 bits per heavy atom. The first-order valence-electron chi connectivity index (χ1n) is 5.51. The zero-order valence-electron chi connectivity index (χ0n) is 9.36. The van der Waals surface area contributed by atoms with Gasteiger partial charge in [-0.15, -0.1) is 0 Å². The van der Waals surface area contributed by atoms with Crippen molar-refractivity contribution in [2.45, 2.75) is 6.92 Å². The average molecular weight is 225 g/mol. The quantitative estimate of drug-likeness (QED) is 0.553. The maximum absolute atomic E-state index is 12.1. The number of carbonyl (C=O) groups excluding carboxylic acids is 2. The van der Waals surface area contributed by atoms with Crippen LogP contribution in [0.2, 0.25) is 0 Å². The Morgan fingerprint density at radius 3 is 2.35 bits per heavy atom. The Bertz CT molecular complexity index is 651. The smallest absolute Gasteiger partial charge is 0.174 e. The second kappa shape index (κ2) is 3.17. The second-order valence-corrected chi connectivity index (χ2v) is 4.38. The van der Waals surface area contributed by atoms with Crippen LogP contribution in [-0.4, -0.2) is 11.6 Å². The highest BCUT2D eigenvalue weighted by molar-refractivity contribution is 6.30. The van der Waals surface area contributed by atoms with Crippen molar-refractivity contribution in [1.82, 2.24) is 0 Å². The highest BCUT2D eigenvalue weighted by Crippen LogP contribution is 2.34. The van der Waals surface area contributed by atoms with Gasteiger partial charge in [0.05, 0.1) is 5.92 Å². The van der Waals surface area contributed by atoms with Crippen molar-refractivity contribution in [2.75, 3.05) is 5.73 Å². The Kier molecular flexibility index (Phi) is 1.87. The van der Waals surface area contributed by atoms with E-state index in [2.05, 4.69) is 0 Å². The van der Waals surface area contributed by atoms with E-state index in [4.69, 9.17) is 5.73 Å². The van der Waals surface area contributed by atoms with Gasteiger partial charge in [0.15, 0.2) is 11.6 Å². The first-order chi connectivity index (χ1) is 8.11. The van der Waals surface area contributed by atoms with Crippen LogP contribution in [0.1, 0.15) is 27.6 Å². The van der Waals surface area contributed by atoms with Crippen LogP contribution in [0.4, 0.5) is 5.69 Å². The van der Waals surface area contributed by atoms with Gasteiger partial charge in [-0.1, -0.05) is 18.2 Å². The summed E-state index contributed by atoms with van der Waals surface area (Å²) in [6, 6.07) is 8.84. The minimum Gasteiger partial charge on any atom is -0.398 e. The number of benzene rings is 2. The highest BCUT2D eigenvalue weighted by atomic mass is 16.2. The molecule has 0 amide bonds. The van der Waals surface area contributed by atoms with Gasteiger partial charge in [-0.05, 0) is 19.1 Å². The number of rotatable bonds is 0. The fraction of sp³-hybridized carbons (Fsp3) is 0.143. The standard InChI is InChI=1S/C14H11NO2/c1-7-13(16)9-4-2-3-8-11(15)6-5-10(12(8)9)14(7)17/h2-7H,15H2,1H3. The predicted octanol–water partition coefficient (Wildman–Crippen LogP) is 2.44. The lowest BCUT2D eigenvalue weighted by atomic mass is 9.80. The third-order valence-electron chi connectivity index (χ3n) is 3.39. The molecule has 0 saturated heterocycles. The maximum Gasteiger partial charge on any atom is 0.174 e. The molecule has 1 aliphatic rings. The van der Waals surface area contributed by atoms with Crippen LogP contribution in [0.5, 0.6) is 0 Å². The summed E-state index contributed by atoms with van der Waals surface area (Å²) in [5.74, 6) is -0.811. The van der Waals surface area contributed by atoms with E-state index in [9.17, 15) is 9.59 Å². The van der Waals surface area contributed by atoms with Gasteiger partial charge in [0, 0.05) is 27.6 Å². The summed E-state index contributed by atoms with van der Waals surface area (Å²) >= 11 is 0. The van der Waals surface area contributed by atoms with Crippen LogP contribution < -0.4 is 5.73 Å². The molecule has 0 heterocycles. The molecule has 3 nitrogen and oxygen atoms in total. The van der Waals surface area contributed by atoms with E-state index in [0.29, 0.717) is 22.2 Å². The third-order valence-corrected chi connectivity index (χ3v) is 3.39. The molecule has 0 radical (unpaired) electrons. The van der Waals surface area contributed by atoms with Crippen LogP contribution in [0, 0.1) is 5.92 Å². The summed E-state index contributed by atoms with van der Waals surface area (Å²) < 4.78 is 0. The van der Waals surface area contributed by atoms with E-state index in [-0.39, 0.29) is 11.6 Å². The first-order valence-corrected chi connectivity index (χ1v) is 5.51. The Morgan fingerprint density at radius 2 is 1.65 bits per heavy atom. The fourth-order valence-electron chi connectivity index (χ4n) is 2.43. The Hall–Kier alpha value is -2.16. The third kappa shape index (κ3) is 1.16. The molecule has 2 N–H and O–H groups in total. The summed E-state index contributed by atoms with van der Waals surface area (Å²) in [6.45, 7) is 1.66. The zero-order chi connectivity index (χ0) is 12.2. The van der Waals surface area contributed by atoms with Crippen LogP contribution in [0.15, 0.2) is 30.3 Å². The van der Waals surface area contributed by atoms with Crippen LogP contribution in [-0.2, 0) is 0 Å². The van der Waals surface area contributed by atoms with Crippen LogP contribution in [0.3, 0.4) is 0 Å². The number of nitrogen functional groups attached to an aromatic ring is 1. The summed E-state index contributed by atoms with van der Waals surface area (Å²) in [5.41, 5.74) is 7.69. The normalized spacial score (nSPS) is 18.8. The fourth-order valence-corrected chi connectivity index (χ4v) is 2.43. The van der Waals surface area contributed by atoms with Gasteiger partial charge >= 0.3 is 0 Å². The summed E-state index contributed by atoms with van der Waals surface area (Å²) in [6.07, 6.45) is 0. The monoisotopic (exact) mass is 225 g/mol. The van der Waals surface area contributed by atoms with Crippen molar-refractivity contribution in [3.63, 3.8) is 0 Å². The SMILES string of the molecule is CC1C(=O)c2cccc3c(N)ccc(c23)C1=O. The molecule has 0 aliphatic heterocycles. The minimum atomic E-state index is -0.586. The van der Waals surface area contributed by atoms with Gasteiger partial charge in [-0.2, -0.15) is 0 Å². The molecule has 1 atom stereocenters. The van der Waals surface area contributed by atoms with Gasteiger partial charge in [0.25, 0.3) is 0 Å². The molecule has 0 fully saturated rings. The van der Waals surface area contributed by atoms with Crippen molar-refractivity contribution in [3.05, 3.63) is 41.5 Å². The van der Waals surface area contributed by atoms with E-state index in [0.717, 1.165) is 5.39 Å². The average Bonchev–Trinajstić information content (AvgIpc) is 2.35. The largest absolute Gasteiger partial charge is 0.398 e. The topological polar surface area (TPSA) is 60.2 Å². The number of hydrogen-bond donors (Lipinski definition) is 1. The summed E-state index contributed by atoms with van der Waals surface area (Å²) in [4.78, 5) is 24.1. The maximum atomic E-state index is 12.1. The lowest BCUT2D eigenvalue weighted by Gasteiger charge is -2.20. The molecular weight excluding hydrogens is 214 g/mol. The van der Waals surface area contributed by atoms with Crippen LogP contribution >= 0.6 is 0 Å². The number of Topliss-reactive ketones (excluding diaryl/α,β-unsaturated/α-hetero) is 2. The number of anilines is 1. The van der Waals surface area contributed by atoms with Crippen molar-refractivity contribution in [2.24, 2.45) is 5.92 Å². The molecule has 0 bridgehead atoms. The van der Waals surface area contributed by atoms with Gasteiger partial charge < -0.3 is 5.73 Å².